The molecule has 80 valence electrons. The first kappa shape index (κ1) is 11.7. The molecule has 1 atom stereocenters. The summed E-state index contributed by atoms with van der Waals surface area (Å²) in [5.41, 5.74) is 1.11. The first-order valence-corrected chi connectivity index (χ1v) is 5.42. The fourth-order valence-electron chi connectivity index (χ4n) is 1.49. The largest absolute Gasteiger partial charge is 0.298 e. The zero-order valence-electron chi connectivity index (χ0n) is 9.46. The van der Waals surface area contributed by atoms with E-state index in [0.29, 0.717) is 6.04 Å². The molecule has 0 aliphatic heterocycles. The Morgan fingerprint density at radius 2 is 2.33 bits per heavy atom. The molecule has 0 aliphatic rings. The standard InChI is InChI=1S/C13H18N2/c1-3-5-10-14-12(8-4-2)13-9-6-7-11-15-13/h6-7,9,11-12,14H,4,8,10H2,1-2H3. The summed E-state index contributed by atoms with van der Waals surface area (Å²) < 4.78 is 0. The third kappa shape index (κ3) is 4.14. The van der Waals surface area contributed by atoms with Crippen molar-refractivity contribution in [1.82, 2.24) is 10.3 Å². The highest BCUT2D eigenvalue weighted by Gasteiger charge is 2.09. The number of rotatable bonds is 5. The third-order valence-electron chi connectivity index (χ3n) is 2.24. The van der Waals surface area contributed by atoms with Crippen molar-refractivity contribution in [1.29, 1.82) is 0 Å². The van der Waals surface area contributed by atoms with Crippen molar-refractivity contribution >= 4 is 0 Å². The second-order valence-electron chi connectivity index (χ2n) is 3.40. The maximum atomic E-state index is 4.37. The van der Waals surface area contributed by atoms with E-state index in [1.807, 2.05) is 25.3 Å². The SMILES string of the molecule is CC#CCNC(CCC)c1ccccn1. The number of nitrogens with one attached hydrogen (secondary N) is 1. The monoisotopic (exact) mass is 202 g/mol. The van der Waals surface area contributed by atoms with Gasteiger partial charge in [-0.2, -0.15) is 0 Å². The molecule has 0 aromatic carbocycles. The lowest BCUT2D eigenvalue weighted by Crippen LogP contribution is -2.22. The van der Waals surface area contributed by atoms with Gasteiger partial charge in [-0.1, -0.05) is 25.3 Å². The lowest BCUT2D eigenvalue weighted by molar-refractivity contribution is 0.512. The molecule has 1 aromatic rings. The Kier molecular flexibility index (Phi) is 5.50. The summed E-state index contributed by atoms with van der Waals surface area (Å²) in [6.45, 7) is 4.78. The Labute approximate surface area is 92.1 Å². The van der Waals surface area contributed by atoms with Gasteiger partial charge in [-0.05, 0) is 25.5 Å². The van der Waals surface area contributed by atoms with E-state index in [1.165, 1.54) is 0 Å². The van der Waals surface area contributed by atoms with Gasteiger partial charge in [0.1, 0.15) is 0 Å². The van der Waals surface area contributed by atoms with Crippen molar-refractivity contribution in [2.24, 2.45) is 0 Å². The normalized spacial score (nSPS) is 11.6. The summed E-state index contributed by atoms with van der Waals surface area (Å²) in [5.74, 6) is 5.90. The van der Waals surface area contributed by atoms with Gasteiger partial charge in [0.05, 0.1) is 18.3 Å². The molecule has 0 fully saturated rings. The molecule has 1 rings (SSSR count). The van der Waals surface area contributed by atoms with Gasteiger partial charge < -0.3 is 0 Å². The predicted octanol–water partition coefficient (Wildman–Crippen LogP) is 2.54. The van der Waals surface area contributed by atoms with Gasteiger partial charge in [-0.15, -0.1) is 5.92 Å². The van der Waals surface area contributed by atoms with E-state index in [4.69, 9.17) is 0 Å². The number of hydrogen-bond acceptors (Lipinski definition) is 2. The van der Waals surface area contributed by atoms with E-state index in [9.17, 15) is 0 Å². The number of nitrogens with zero attached hydrogens (tertiary/aromatic N) is 1. The van der Waals surface area contributed by atoms with Gasteiger partial charge >= 0.3 is 0 Å². The van der Waals surface area contributed by atoms with Crippen LogP contribution >= 0.6 is 0 Å². The smallest absolute Gasteiger partial charge is 0.0581 e. The number of aromatic nitrogens is 1. The van der Waals surface area contributed by atoms with Crippen LogP contribution in [-0.2, 0) is 0 Å². The van der Waals surface area contributed by atoms with E-state index in [2.05, 4.69) is 35.1 Å². The van der Waals surface area contributed by atoms with Crippen molar-refractivity contribution in [2.75, 3.05) is 6.54 Å². The molecule has 1 N–H and O–H groups in total. The van der Waals surface area contributed by atoms with Crippen LogP contribution in [-0.4, -0.2) is 11.5 Å². The quantitative estimate of drug-likeness (QED) is 0.742. The van der Waals surface area contributed by atoms with Gasteiger partial charge in [0.15, 0.2) is 0 Å². The second-order valence-corrected chi connectivity index (χ2v) is 3.40. The molecule has 15 heavy (non-hydrogen) atoms. The minimum absolute atomic E-state index is 0.331. The average molecular weight is 202 g/mol. The highest BCUT2D eigenvalue weighted by Crippen LogP contribution is 2.14. The first-order valence-electron chi connectivity index (χ1n) is 5.42. The number of hydrogen-bond donors (Lipinski definition) is 1. The zero-order valence-corrected chi connectivity index (χ0v) is 9.46. The van der Waals surface area contributed by atoms with Gasteiger partial charge in [0.25, 0.3) is 0 Å². The Hall–Kier alpha value is -1.33. The highest BCUT2D eigenvalue weighted by atomic mass is 14.9. The van der Waals surface area contributed by atoms with Gasteiger partial charge in [0.2, 0.25) is 0 Å². The van der Waals surface area contributed by atoms with Gasteiger partial charge in [-0.3, -0.25) is 10.3 Å². The lowest BCUT2D eigenvalue weighted by atomic mass is 10.1. The average Bonchev–Trinajstić information content (AvgIpc) is 2.29. The molecule has 0 radical (unpaired) electrons. The summed E-state index contributed by atoms with van der Waals surface area (Å²) >= 11 is 0. The Bertz CT molecular complexity index is 321. The van der Waals surface area contributed by atoms with Gasteiger partial charge in [-0.25, -0.2) is 0 Å². The summed E-state index contributed by atoms with van der Waals surface area (Å²) in [5, 5.41) is 3.40. The molecule has 1 aromatic heterocycles. The third-order valence-corrected chi connectivity index (χ3v) is 2.24. The fourth-order valence-corrected chi connectivity index (χ4v) is 1.49. The van der Waals surface area contributed by atoms with E-state index >= 15 is 0 Å². The molecule has 1 heterocycles. The second kappa shape index (κ2) is 7.03. The van der Waals surface area contributed by atoms with Crippen LogP contribution in [0.2, 0.25) is 0 Å². The molecule has 0 amide bonds. The van der Waals surface area contributed by atoms with Crippen LogP contribution in [0.15, 0.2) is 24.4 Å². The lowest BCUT2D eigenvalue weighted by Gasteiger charge is -2.15. The van der Waals surface area contributed by atoms with E-state index < -0.39 is 0 Å². The first-order chi connectivity index (χ1) is 7.38. The fraction of sp³-hybridized carbons (Fsp3) is 0.462. The van der Waals surface area contributed by atoms with Crippen LogP contribution in [0.4, 0.5) is 0 Å². The van der Waals surface area contributed by atoms with Crippen LogP contribution in [0, 0.1) is 11.8 Å². The van der Waals surface area contributed by atoms with Crippen LogP contribution < -0.4 is 5.32 Å². The summed E-state index contributed by atoms with van der Waals surface area (Å²) in [7, 11) is 0. The molecule has 2 nitrogen and oxygen atoms in total. The summed E-state index contributed by atoms with van der Waals surface area (Å²) in [6.07, 6.45) is 4.08. The van der Waals surface area contributed by atoms with E-state index in [0.717, 1.165) is 25.1 Å². The van der Waals surface area contributed by atoms with Crippen molar-refractivity contribution < 1.29 is 0 Å². The van der Waals surface area contributed by atoms with E-state index in [1.54, 1.807) is 0 Å². The summed E-state index contributed by atoms with van der Waals surface area (Å²) in [6, 6.07) is 6.36. The van der Waals surface area contributed by atoms with Crippen molar-refractivity contribution in [3.8, 4) is 11.8 Å². The molecule has 1 unspecified atom stereocenters. The molecule has 0 saturated heterocycles. The Morgan fingerprint density at radius 1 is 1.47 bits per heavy atom. The Balaban J connectivity index is 2.60. The highest BCUT2D eigenvalue weighted by molar-refractivity contribution is 5.09. The predicted molar refractivity (Wildman–Crippen MR) is 63.3 cm³/mol. The molecule has 0 aliphatic carbocycles. The van der Waals surface area contributed by atoms with Gasteiger partial charge in [0, 0.05) is 6.20 Å². The topological polar surface area (TPSA) is 24.9 Å². The molecule has 0 saturated carbocycles. The maximum Gasteiger partial charge on any atom is 0.0581 e. The zero-order chi connectivity index (χ0) is 10.9. The van der Waals surface area contributed by atoms with Crippen LogP contribution in [0.3, 0.4) is 0 Å². The minimum Gasteiger partial charge on any atom is -0.298 e. The van der Waals surface area contributed by atoms with Crippen molar-refractivity contribution in [3.63, 3.8) is 0 Å². The van der Waals surface area contributed by atoms with Crippen molar-refractivity contribution in [3.05, 3.63) is 30.1 Å². The molecular formula is C13H18N2. The van der Waals surface area contributed by atoms with Crippen LogP contribution in [0.1, 0.15) is 38.4 Å². The van der Waals surface area contributed by atoms with Crippen molar-refractivity contribution in [2.45, 2.75) is 32.7 Å². The summed E-state index contributed by atoms with van der Waals surface area (Å²) in [4.78, 5) is 4.37. The molecule has 0 spiro atoms. The molecule has 2 heteroatoms. The maximum absolute atomic E-state index is 4.37. The van der Waals surface area contributed by atoms with E-state index in [-0.39, 0.29) is 0 Å². The minimum atomic E-state index is 0.331. The number of pyridine rings is 1. The van der Waals surface area contributed by atoms with Crippen LogP contribution in [0.25, 0.3) is 0 Å². The molecule has 0 bridgehead atoms. The Morgan fingerprint density at radius 3 is 2.93 bits per heavy atom. The van der Waals surface area contributed by atoms with Crippen LogP contribution in [0.5, 0.6) is 0 Å². The molecular weight excluding hydrogens is 184 g/mol.